The van der Waals surface area contributed by atoms with E-state index in [1.807, 2.05) is 24.3 Å². The predicted octanol–water partition coefficient (Wildman–Crippen LogP) is 4.19. The molecule has 0 bridgehead atoms. The van der Waals surface area contributed by atoms with Crippen molar-refractivity contribution in [1.29, 1.82) is 0 Å². The smallest absolute Gasteiger partial charge is 0.118 e. The van der Waals surface area contributed by atoms with E-state index in [2.05, 4.69) is 36.8 Å². The second-order valence-electron chi connectivity index (χ2n) is 4.68. The van der Waals surface area contributed by atoms with Crippen molar-refractivity contribution in [3.63, 3.8) is 0 Å². The third-order valence-corrected chi connectivity index (χ3v) is 6.20. The van der Waals surface area contributed by atoms with Crippen LogP contribution >= 0.6 is 10.0 Å². The van der Waals surface area contributed by atoms with Crippen LogP contribution in [0.5, 0.6) is 11.5 Å². The molecule has 0 saturated carbocycles. The highest BCUT2D eigenvalue weighted by molar-refractivity contribution is 8.32. The van der Waals surface area contributed by atoms with Gasteiger partial charge < -0.3 is 9.47 Å². The maximum Gasteiger partial charge on any atom is 0.118 e. The predicted molar refractivity (Wildman–Crippen MR) is 82.0 cm³/mol. The van der Waals surface area contributed by atoms with Crippen LogP contribution in [-0.2, 0) is 0 Å². The minimum absolute atomic E-state index is 0.897. The highest BCUT2D eigenvalue weighted by atomic mass is 32.3. The quantitative estimate of drug-likeness (QED) is 0.833. The molecular weight excluding hydrogens is 256 g/mol. The molecule has 0 heterocycles. The number of ether oxygens (including phenoxy) is 2. The molecule has 2 aromatic rings. The third kappa shape index (κ3) is 2.87. The SMILES string of the molecule is COc1ccc(S(C)(C)c2ccc(OC)cc2)cc1. The molecule has 0 aliphatic carbocycles. The number of benzene rings is 2. The van der Waals surface area contributed by atoms with Crippen molar-refractivity contribution in [1.82, 2.24) is 0 Å². The molecule has 0 aliphatic rings. The molecule has 0 unspecified atom stereocenters. The molecule has 0 atom stereocenters. The molecule has 0 aliphatic heterocycles. The fourth-order valence-corrected chi connectivity index (χ4v) is 3.87. The summed E-state index contributed by atoms with van der Waals surface area (Å²) in [5, 5.41) is 0. The van der Waals surface area contributed by atoms with Gasteiger partial charge in [-0.25, -0.2) is 0 Å². The van der Waals surface area contributed by atoms with Crippen LogP contribution in [-0.4, -0.2) is 26.7 Å². The van der Waals surface area contributed by atoms with Gasteiger partial charge in [-0.1, -0.05) is 0 Å². The van der Waals surface area contributed by atoms with Gasteiger partial charge in [0.25, 0.3) is 0 Å². The van der Waals surface area contributed by atoms with Gasteiger partial charge in [0.2, 0.25) is 0 Å². The molecule has 2 aromatic carbocycles. The zero-order valence-corrected chi connectivity index (χ0v) is 12.7. The first-order valence-corrected chi connectivity index (χ1v) is 8.54. The van der Waals surface area contributed by atoms with E-state index in [1.165, 1.54) is 9.79 Å². The van der Waals surface area contributed by atoms with Gasteiger partial charge in [-0.2, -0.15) is 10.0 Å². The topological polar surface area (TPSA) is 18.5 Å². The second-order valence-corrected chi connectivity index (χ2v) is 8.27. The van der Waals surface area contributed by atoms with Crippen molar-refractivity contribution >= 4 is 10.0 Å². The zero-order valence-electron chi connectivity index (χ0n) is 11.8. The van der Waals surface area contributed by atoms with Crippen molar-refractivity contribution in [3.05, 3.63) is 48.5 Å². The van der Waals surface area contributed by atoms with Crippen LogP contribution in [0.2, 0.25) is 0 Å². The van der Waals surface area contributed by atoms with Crippen molar-refractivity contribution in [2.45, 2.75) is 9.79 Å². The summed E-state index contributed by atoms with van der Waals surface area (Å²) in [6.45, 7) is 0. The van der Waals surface area contributed by atoms with Gasteiger partial charge in [0.05, 0.1) is 14.2 Å². The van der Waals surface area contributed by atoms with Gasteiger partial charge in [-0.05, 0) is 70.8 Å². The van der Waals surface area contributed by atoms with Crippen LogP contribution in [0.3, 0.4) is 0 Å². The van der Waals surface area contributed by atoms with Gasteiger partial charge in [-0.15, -0.1) is 0 Å². The normalized spacial score (nSPS) is 12.0. The van der Waals surface area contributed by atoms with E-state index in [0.29, 0.717) is 0 Å². The number of hydrogen-bond donors (Lipinski definition) is 0. The van der Waals surface area contributed by atoms with E-state index < -0.39 is 10.0 Å². The van der Waals surface area contributed by atoms with Crippen LogP contribution in [0.4, 0.5) is 0 Å². The fourth-order valence-electron chi connectivity index (χ4n) is 1.97. The molecule has 2 nitrogen and oxygen atoms in total. The molecule has 0 radical (unpaired) electrons. The maximum atomic E-state index is 5.21. The summed E-state index contributed by atoms with van der Waals surface area (Å²) in [7, 11) is 2.38. The van der Waals surface area contributed by atoms with Crippen LogP contribution in [0, 0.1) is 0 Å². The molecule has 0 spiro atoms. The first kappa shape index (κ1) is 13.8. The summed E-state index contributed by atoms with van der Waals surface area (Å²) in [6.07, 6.45) is 4.60. The summed E-state index contributed by atoms with van der Waals surface area (Å²) >= 11 is 0. The Morgan fingerprint density at radius 2 is 0.947 bits per heavy atom. The van der Waals surface area contributed by atoms with E-state index in [4.69, 9.17) is 9.47 Å². The van der Waals surface area contributed by atoms with Gasteiger partial charge in [-0.3, -0.25) is 0 Å². The van der Waals surface area contributed by atoms with Gasteiger partial charge in [0.15, 0.2) is 0 Å². The molecule has 0 N–H and O–H groups in total. The fraction of sp³-hybridized carbons (Fsp3) is 0.250. The van der Waals surface area contributed by atoms with Gasteiger partial charge >= 0.3 is 0 Å². The molecule has 0 aromatic heterocycles. The Morgan fingerprint density at radius 3 is 1.21 bits per heavy atom. The summed E-state index contributed by atoms with van der Waals surface area (Å²) in [6, 6.07) is 16.7. The molecule has 3 heteroatoms. The number of hydrogen-bond acceptors (Lipinski definition) is 2. The minimum Gasteiger partial charge on any atom is -0.497 e. The average molecular weight is 276 g/mol. The standard InChI is InChI=1S/C16H20O2S/c1-17-13-5-9-15(10-6-13)19(3,4)16-11-7-14(18-2)8-12-16/h5-12H,1-4H3. The highest BCUT2D eigenvalue weighted by Gasteiger charge is 2.17. The van der Waals surface area contributed by atoms with Gasteiger partial charge in [0.1, 0.15) is 11.5 Å². The van der Waals surface area contributed by atoms with E-state index in [-0.39, 0.29) is 0 Å². The Kier molecular flexibility index (Phi) is 4.05. The third-order valence-electron chi connectivity index (χ3n) is 3.30. The lowest BCUT2D eigenvalue weighted by atomic mass is 10.3. The first-order valence-electron chi connectivity index (χ1n) is 6.09. The average Bonchev–Trinajstić information content (AvgIpc) is 2.47. The Morgan fingerprint density at radius 1 is 0.632 bits per heavy atom. The lowest BCUT2D eigenvalue weighted by Crippen LogP contribution is -1.98. The Bertz CT molecular complexity index is 480. The van der Waals surface area contributed by atoms with Crippen molar-refractivity contribution in [3.8, 4) is 11.5 Å². The van der Waals surface area contributed by atoms with Crippen LogP contribution in [0.1, 0.15) is 0 Å². The zero-order chi connectivity index (χ0) is 13.9. The molecule has 2 rings (SSSR count). The first-order chi connectivity index (χ1) is 9.07. The molecular formula is C16H20O2S. The highest BCUT2D eigenvalue weighted by Crippen LogP contribution is 2.56. The summed E-state index contributed by atoms with van der Waals surface area (Å²) < 4.78 is 10.4. The Hall–Kier alpha value is -1.61. The molecule has 0 saturated heterocycles. The van der Waals surface area contributed by atoms with Crippen molar-refractivity contribution in [2.24, 2.45) is 0 Å². The van der Waals surface area contributed by atoms with Crippen LogP contribution < -0.4 is 9.47 Å². The molecule has 19 heavy (non-hydrogen) atoms. The monoisotopic (exact) mass is 276 g/mol. The second kappa shape index (κ2) is 5.57. The van der Waals surface area contributed by atoms with Crippen LogP contribution in [0.15, 0.2) is 58.3 Å². The maximum absolute atomic E-state index is 5.21. The van der Waals surface area contributed by atoms with E-state index >= 15 is 0 Å². The molecule has 0 fully saturated rings. The number of rotatable bonds is 4. The Labute approximate surface area is 116 Å². The lowest BCUT2D eigenvalue weighted by Gasteiger charge is -2.32. The largest absolute Gasteiger partial charge is 0.497 e. The molecule has 0 amide bonds. The summed E-state index contributed by atoms with van der Waals surface area (Å²) in [5.41, 5.74) is 0. The summed E-state index contributed by atoms with van der Waals surface area (Å²) in [4.78, 5) is 2.69. The van der Waals surface area contributed by atoms with Crippen molar-refractivity contribution in [2.75, 3.05) is 26.7 Å². The van der Waals surface area contributed by atoms with Gasteiger partial charge in [0, 0.05) is 0 Å². The summed E-state index contributed by atoms with van der Waals surface area (Å²) in [5.74, 6) is 1.79. The van der Waals surface area contributed by atoms with E-state index in [1.54, 1.807) is 14.2 Å². The van der Waals surface area contributed by atoms with Crippen molar-refractivity contribution < 1.29 is 9.47 Å². The van der Waals surface area contributed by atoms with E-state index in [9.17, 15) is 0 Å². The van der Waals surface area contributed by atoms with E-state index in [0.717, 1.165) is 11.5 Å². The Balaban J connectivity index is 2.33. The lowest BCUT2D eigenvalue weighted by molar-refractivity contribution is 0.414. The van der Waals surface area contributed by atoms with Crippen LogP contribution in [0.25, 0.3) is 0 Å². The molecule has 102 valence electrons. The number of methoxy groups -OCH3 is 2. The minimum atomic E-state index is -1.00.